The van der Waals surface area contributed by atoms with Crippen LogP contribution in [0.5, 0.6) is 0 Å². The first kappa shape index (κ1) is 14.5. The summed E-state index contributed by atoms with van der Waals surface area (Å²) in [4.78, 5) is 8.21. The van der Waals surface area contributed by atoms with Crippen molar-refractivity contribution < 1.29 is 13.2 Å². The van der Waals surface area contributed by atoms with Crippen molar-refractivity contribution in [1.82, 2.24) is 9.97 Å². The fourth-order valence-corrected chi connectivity index (χ4v) is 1.33. The Labute approximate surface area is 103 Å². The van der Waals surface area contributed by atoms with Gasteiger partial charge in [0.25, 0.3) is 0 Å². The molecular formula is C10H16F3N5. The Morgan fingerprint density at radius 2 is 1.94 bits per heavy atom. The van der Waals surface area contributed by atoms with Gasteiger partial charge in [0.15, 0.2) is 0 Å². The summed E-state index contributed by atoms with van der Waals surface area (Å²) in [6.07, 6.45) is -4.31. The quantitative estimate of drug-likeness (QED) is 0.416. The molecule has 0 fully saturated rings. The number of hydrogen-bond acceptors (Lipinski definition) is 5. The van der Waals surface area contributed by atoms with E-state index in [1.807, 2.05) is 6.92 Å². The summed E-state index contributed by atoms with van der Waals surface area (Å²) in [5.41, 5.74) is 2.39. The van der Waals surface area contributed by atoms with Crippen LogP contribution in [0.4, 0.5) is 24.8 Å². The number of rotatable bonds is 6. The van der Waals surface area contributed by atoms with E-state index >= 15 is 0 Å². The molecule has 0 aliphatic rings. The van der Waals surface area contributed by atoms with E-state index in [9.17, 15) is 13.2 Å². The van der Waals surface area contributed by atoms with Crippen LogP contribution in [0.25, 0.3) is 0 Å². The van der Waals surface area contributed by atoms with Crippen molar-refractivity contribution in [1.29, 1.82) is 0 Å². The van der Waals surface area contributed by atoms with E-state index < -0.39 is 12.6 Å². The first-order valence-corrected chi connectivity index (χ1v) is 5.60. The van der Waals surface area contributed by atoms with Crippen molar-refractivity contribution in [2.45, 2.75) is 32.4 Å². The minimum atomic E-state index is -4.12. The molecule has 1 aromatic rings. The molecule has 0 aliphatic heterocycles. The van der Waals surface area contributed by atoms with Crippen LogP contribution in [0.3, 0.4) is 0 Å². The molecule has 0 bridgehead atoms. The van der Waals surface area contributed by atoms with Gasteiger partial charge in [-0.3, -0.25) is 0 Å². The monoisotopic (exact) mass is 263 g/mol. The van der Waals surface area contributed by atoms with Crippen molar-refractivity contribution >= 4 is 11.6 Å². The maximum atomic E-state index is 11.9. The average molecular weight is 263 g/mol. The van der Waals surface area contributed by atoms with Crippen molar-refractivity contribution in [2.75, 3.05) is 17.3 Å². The van der Waals surface area contributed by atoms with E-state index in [-0.39, 0.29) is 13.0 Å². The first-order valence-electron chi connectivity index (χ1n) is 5.60. The highest BCUT2D eigenvalue weighted by Crippen LogP contribution is 2.21. The second kappa shape index (κ2) is 6.39. The van der Waals surface area contributed by atoms with Gasteiger partial charge in [-0.2, -0.15) is 13.2 Å². The molecule has 0 aromatic carbocycles. The highest BCUT2D eigenvalue weighted by Gasteiger charge is 2.25. The summed E-state index contributed by atoms with van der Waals surface area (Å²) in [7, 11) is 0. The number of nitrogens with one attached hydrogen (secondary N) is 2. The van der Waals surface area contributed by atoms with E-state index in [1.54, 1.807) is 6.07 Å². The Hall–Kier alpha value is -1.57. The Kier molecular flexibility index (Phi) is 5.14. The Balaban J connectivity index is 2.51. The van der Waals surface area contributed by atoms with Gasteiger partial charge in [0.2, 0.25) is 0 Å². The average Bonchev–Trinajstić information content (AvgIpc) is 2.33. The van der Waals surface area contributed by atoms with Gasteiger partial charge in [0.1, 0.15) is 17.5 Å². The molecule has 0 aliphatic carbocycles. The summed E-state index contributed by atoms with van der Waals surface area (Å²) < 4.78 is 35.8. The van der Waals surface area contributed by atoms with Crippen molar-refractivity contribution in [3.63, 3.8) is 0 Å². The van der Waals surface area contributed by atoms with Crippen LogP contribution in [0.2, 0.25) is 0 Å². The summed E-state index contributed by atoms with van der Waals surface area (Å²) >= 11 is 0. The molecule has 8 heteroatoms. The predicted molar refractivity (Wildman–Crippen MR) is 63.0 cm³/mol. The van der Waals surface area contributed by atoms with Gasteiger partial charge >= 0.3 is 6.18 Å². The number of hydrogen-bond donors (Lipinski definition) is 3. The lowest BCUT2D eigenvalue weighted by molar-refractivity contribution is -0.134. The van der Waals surface area contributed by atoms with Crippen molar-refractivity contribution in [3.8, 4) is 0 Å². The molecule has 0 saturated heterocycles. The number of nitrogen functional groups attached to an aromatic ring is 1. The second-order valence-electron chi connectivity index (χ2n) is 3.70. The minimum absolute atomic E-state index is 0.000345. The third-order valence-corrected chi connectivity index (χ3v) is 2.18. The van der Waals surface area contributed by atoms with Gasteiger partial charge in [-0.1, -0.05) is 6.92 Å². The normalized spacial score (nSPS) is 11.4. The lowest BCUT2D eigenvalue weighted by Crippen LogP contribution is -2.14. The molecule has 1 aromatic heterocycles. The molecule has 4 N–H and O–H groups in total. The lowest BCUT2D eigenvalue weighted by Gasteiger charge is -2.10. The molecule has 1 rings (SSSR count). The number of aryl methyl sites for hydroxylation is 1. The number of nitrogens with zero attached hydrogens (tertiary/aromatic N) is 2. The number of halogens is 3. The molecule has 0 amide bonds. The van der Waals surface area contributed by atoms with Gasteiger partial charge in [-0.05, 0) is 6.42 Å². The largest absolute Gasteiger partial charge is 0.389 e. The number of alkyl halides is 3. The van der Waals surface area contributed by atoms with Gasteiger partial charge < -0.3 is 10.7 Å². The molecule has 18 heavy (non-hydrogen) atoms. The minimum Gasteiger partial charge on any atom is -0.370 e. The maximum Gasteiger partial charge on any atom is 0.389 e. The zero-order chi connectivity index (χ0) is 13.6. The van der Waals surface area contributed by atoms with Gasteiger partial charge in [-0.25, -0.2) is 15.8 Å². The van der Waals surface area contributed by atoms with Crippen LogP contribution in [0.15, 0.2) is 6.07 Å². The van der Waals surface area contributed by atoms with Gasteiger partial charge in [0, 0.05) is 25.5 Å². The second-order valence-corrected chi connectivity index (χ2v) is 3.70. The fourth-order valence-electron chi connectivity index (χ4n) is 1.33. The predicted octanol–water partition coefficient (Wildman–Crippen LogP) is 2.08. The standard InChI is InChI=1S/C10H16F3N5/c1-2-7-16-8(6-9(17-7)18-14)15-5-3-4-10(11,12)13/h6H,2-5,14H2,1H3,(H2,15,16,17,18). The van der Waals surface area contributed by atoms with Gasteiger partial charge in [0.05, 0.1) is 0 Å². The van der Waals surface area contributed by atoms with Crippen LogP contribution in [0, 0.1) is 0 Å². The van der Waals surface area contributed by atoms with Crippen LogP contribution < -0.4 is 16.6 Å². The highest BCUT2D eigenvalue weighted by atomic mass is 19.4. The number of hydrazine groups is 1. The highest BCUT2D eigenvalue weighted by molar-refractivity contribution is 5.46. The molecular weight excluding hydrogens is 247 g/mol. The van der Waals surface area contributed by atoms with E-state index in [0.29, 0.717) is 23.9 Å². The van der Waals surface area contributed by atoms with Crippen LogP contribution >= 0.6 is 0 Å². The molecule has 0 radical (unpaired) electrons. The Bertz CT molecular complexity index is 358. The van der Waals surface area contributed by atoms with E-state index in [1.165, 1.54) is 0 Å². The fraction of sp³-hybridized carbons (Fsp3) is 0.600. The summed E-state index contributed by atoms with van der Waals surface area (Å²) in [5.74, 6) is 6.71. The lowest BCUT2D eigenvalue weighted by atomic mass is 10.3. The number of aromatic nitrogens is 2. The zero-order valence-electron chi connectivity index (χ0n) is 10.0. The molecule has 5 nitrogen and oxygen atoms in total. The van der Waals surface area contributed by atoms with E-state index in [0.717, 1.165) is 0 Å². The molecule has 102 valence electrons. The molecule has 0 unspecified atom stereocenters. The Morgan fingerprint density at radius 1 is 1.28 bits per heavy atom. The molecule has 0 atom stereocenters. The van der Waals surface area contributed by atoms with Crippen LogP contribution in [-0.2, 0) is 6.42 Å². The van der Waals surface area contributed by atoms with E-state index in [2.05, 4.69) is 20.7 Å². The van der Waals surface area contributed by atoms with Crippen molar-refractivity contribution in [2.24, 2.45) is 5.84 Å². The van der Waals surface area contributed by atoms with E-state index in [4.69, 9.17) is 5.84 Å². The third kappa shape index (κ3) is 5.17. The molecule has 0 spiro atoms. The first-order chi connectivity index (χ1) is 8.44. The molecule has 0 saturated carbocycles. The smallest absolute Gasteiger partial charge is 0.370 e. The van der Waals surface area contributed by atoms with Gasteiger partial charge in [-0.15, -0.1) is 0 Å². The SMILES string of the molecule is CCc1nc(NN)cc(NCCCC(F)(F)F)n1. The molecule has 1 heterocycles. The zero-order valence-corrected chi connectivity index (χ0v) is 10.0. The summed E-state index contributed by atoms with van der Waals surface area (Å²) in [6, 6.07) is 1.55. The Morgan fingerprint density at radius 3 is 2.50 bits per heavy atom. The number of nitrogens with two attached hydrogens (primary N) is 1. The van der Waals surface area contributed by atoms with Crippen molar-refractivity contribution in [3.05, 3.63) is 11.9 Å². The van der Waals surface area contributed by atoms with Crippen LogP contribution in [-0.4, -0.2) is 22.7 Å². The number of anilines is 2. The maximum absolute atomic E-state index is 11.9. The topological polar surface area (TPSA) is 75.9 Å². The third-order valence-electron chi connectivity index (χ3n) is 2.18. The summed E-state index contributed by atoms with van der Waals surface area (Å²) in [6.45, 7) is 2.08. The van der Waals surface area contributed by atoms with Crippen LogP contribution in [0.1, 0.15) is 25.6 Å². The summed E-state index contributed by atoms with van der Waals surface area (Å²) in [5, 5.41) is 2.82.